The Morgan fingerprint density at radius 1 is 1.00 bits per heavy atom. The van der Waals surface area contributed by atoms with Crippen LogP contribution in [-0.4, -0.2) is 59.9 Å². The molecular formula is C29H40N4O5. The van der Waals surface area contributed by atoms with Crippen LogP contribution in [0.1, 0.15) is 43.7 Å². The smallest absolute Gasteiger partial charge is 0.326 e. The van der Waals surface area contributed by atoms with Crippen molar-refractivity contribution in [2.75, 3.05) is 19.8 Å². The number of nitrogens with two attached hydrogens (primary N) is 1. The van der Waals surface area contributed by atoms with Gasteiger partial charge >= 0.3 is 5.97 Å². The van der Waals surface area contributed by atoms with Crippen molar-refractivity contribution in [3.63, 3.8) is 0 Å². The van der Waals surface area contributed by atoms with Crippen LogP contribution in [0.5, 0.6) is 0 Å². The summed E-state index contributed by atoms with van der Waals surface area (Å²) in [6.45, 7) is 3.05. The molecule has 2 aromatic carbocycles. The summed E-state index contributed by atoms with van der Waals surface area (Å²) in [5.41, 5.74) is 8.64. The van der Waals surface area contributed by atoms with Gasteiger partial charge in [-0.25, -0.2) is 14.6 Å². The van der Waals surface area contributed by atoms with Crippen LogP contribution in [0, 0.1) is 0 Å². The number of aromatic amines is 1. The molecule has 0 aliphatic heterocycles. The van der Waals surface area contributed by atoms with Gasteiger partial charge in [0.05, 0.1) is 19.3 Å². The molecule has 1 heterocycles. The maximum Gasteiger partial charge on any atom is 0.326 e. The lowest BCUT2D eigenvalue weighted by atomic mass is 10.0. The van der Waals surface area contributed by atoms with Gasteiger partial charge in [0.1, 0.15) is 6.04 Å². The van der Waals surface area contributed by atoms with Gasteiger partial charge in [-0.05, 0) is 56.3 Å². The van der Waals surface area contributed by atoms with Crippen LogP contribution in [0.15, 0.2) is 60.8 Å². The number of carboxylic acids is 1. The van der Waals surface area contributed by atoms with Crippen molar-refractivity contribution in [3.05, 3.63) is 71.9 Å². The molecule has 1 amide bonds. The van der Waals surface area contributed by atoms with Crippen LogP contribution in [0.3, 0.4) is 0 Å². The van der Waals surface area contributed by atoms with E-state index in [0.29, 0.717) is 19.6 Å². The number of fused-ring (bicyclic) bond motifs is 1. The van der Waals surface area contributed by atoms with Gasteiger partial charge in [0.25, 0.3) is 0 Å². The predicted molar refractivity (Wildman–Crippen MR) is 148 cm³/mol. The van der Waals surface area contributed by atoms with Crippen molar-refractivity contribution in [3.8, 4) is 0 Å². The number of aromatic nitrogens is 1. The molecule has 0 aliphatic rings. The number of carbonyl (C=O) groups is 2. The Morgan fingerprint density at radius 3 is 2.50 bits per heavy atom. The maximum atomic E-state index is 13.4. The Morgan fingerprint density at radius 2 is 1.76 bits per heavy atom. The number of hydrogen-bond donors (Lipinski definition) is 5. The first-order chi connectivity index (χ1) is 18.5. The largest absolute Gasteiger partial charge is 0.480 e. The van der Waals surface area contributed by atoms with Gasteiger partial charge in [0, 0.05) is 29.6 Å². The second kappa shape index (κ2) is 15.9. The topological polar surface area (TPSA) is 139 Å². The fourth-order valence-electron chi connectivity index (χ4n) is 4.47. The van der Waals surface area contributed by atoms with E-state index in [1.54, 1.807) is 6.20 Å². The molecule has 0 radical (unpaired) electrons. The molecule has 0 spiro atoms. The van der Waals surface area contributed by atoms with Crippen LogP contribution in [0.25, 0.3) is 10.9 Å². The third-order valence-corrected chi connectivity index (χ3v) is 6.51. The molecule has 6 N–H and O–H groups in total. The quantitative estimate of drug-likeness (QED) is 0.0977. The van der Waals surface area contributed by atoms with E-state index >= 15 is 0 Å². The van der Waals surface area contributed by atoms with Gasteiger partial charge in [-0.3, -0.25) is 4.79 Å². The van der Waals surface area contributed by atoms with E-state index in [0.717, 1.165) is 42.1 Å². The third kappa shape index (κ3) is 9.25. The number of rotatable bonds is 18. The molecule has 0 unspecified atom stereocenters. The Kier molecular flexibility index (Phi) is 12.3. The molecular weight excluding hydrogens is 484 g/mol. The van der Waals surface area contributed by atoms with Crippen molar-refractivity contribution in [1.29, 1.82) is 0 Å². The first kappa shape index (κ1) is 29.3. The maximum absolute atomic E-state index is 13.4. The molecule has 1 aromatic heterocycles. The van der Waals surface area contributed by atoms with Gasteiger partial charge in [0.15, 0.2) is 0 Å². The van der Waals surface area contributed by atoms with Crippen molar-refractivity contribution >= 4 is 22.8 Å². The SMILES string of the molecule is CCOOC[C@H](CCc1ccccc1)N[C@@H](CCCCN)C(=O)N[C@@H](Cc1c[nH]c2ccccc12)C(=O)O. The first-order valence-corrected chi connectivity index (χ1v) is 13.3. The van der Waals surface area contributed by atoms with Crippen molar-refractivity contribution in [2.24, 2.45) is 5.73 Å². The normalized spacial score (nSPS) is 13.7. The van der Waals surface area contributed by atoms with Gasteiger partial charge in [-0.1, -0.05) is 55.0 Å². The van der Waals surface area contributed by atoms with Crippen molar-refractivity contribution in [2.45, 2.75) is 63.6 Å². The summed E-state index contributed by atoms with van der Waals surface area (Å²) in [6, 6.07) is 16.0. The summed E-state index contributed by atoms with van der Waals surface area (Å²) in [6.07, 6.45) is 5.52. The highest BCUT2D eigenvalue weighted by Crippen LogP contribution is 2.19. The minimum absolute atomic E-state index is 0.172. The summed E-state index contributed by atoms with van der Waals surface area (Å²) in [5.74, 6) is -1.43. The number of H-pyrrole nitrogens is 1. The molecule has 0 saturated heterocycles. The molecule has 3 atom stereocenters. The number of hydrogen-bond acceptors (Lipinski definition) is 6. The number of amides is 1. The molecule has 9 heteroatoms. The Bertz CT molecular complexity index is 1120. The van der Waals surface area contributed by atoms with E-state index in [-0.39, 0.29) is 25.0 Å². The van der Waals surface area contributed by atoms with Crippen LogP contribution < -0.4 is 16.4 Å². The van der Waals surface area contributed by atoms with Crippen LogP contribution in [-0.2, 0) is 32.2 Å². The molecule has 0 fully saturated rings. The highest BCUT2D eigenvalue weighted by atomic mass is 17.2. The van der Waals surface area contributed by atoms with Gasteiger partial charge in [0.2, 0.25) is 5.91 Å². The number of benzene rings is 2. The standard InChI is InChI=1S/C29H40N4O5/c1-2-37-38-20-23(16-15-21-10-4-3-5-11-21)32-26(14-8-9-17-30)28(34)33-27(29(35)36)18-22-19-31-25-13-7-6-12-24(22)25/h3-7,10-13,19,23,26-27,31-32H,2,8-9,14-18,20,30H2,1H3,(H,33,34)(H,35,36)/t23-,26-,27-/m0/s1. The van der Waals surface area contributed by atoms with Crippen molar-refractivity contribution < 1.29 is 24.5 Å². The van der Waals surface area contributed by atoms with Gasteiger partial charge < -0.3 is 26.5 Å². The molecule has 0 saturated carbocycles. The molecule has 0 bridgehead atoms. The Labute approximate surface area is 224 Å². The molecule has 38 heavy (non-hydrogen) atoms. The number of carboxylic acid groups (broad SMARTS) is 1. The Balaban J connectivity index is 1.70. The number of aliphatic carboxylic acids is 1. The van der Waals surface area contributed by atoms with E-state index in [9.17, 15) is 14.7 Å². The number of aryl methyl sites for hydroxylation is 1. The minimum Gasteiger partial charge on any atom is -0.480 e. The fourth-order valence-corrected chi connectivity index (χ4v) is 4.47. The van der Waals surface area contributed by atoms with E-state index in [2.05, 4.69) is 27.8 Å². The second-order valence-electron chi connectivity index (χ2n) is 9.38. The van der Waals surface area contributed by atoms with Crippen LogP contribution in [0.4, 0.5) is 0 Å². The number of carbonyl (C=O) groups excluding carboxylic acids is 1. The number of unbranched alkanes of at least 4 members (excludes halogenated alkanes) is 1. The minimum atomic E-state index is -1.08. The lowest BCUT2D eigenvalue weighted by molar-refractivity contribution is -0.294. The summed E-state index contributed by atoms with van der Waals surface area (Å²) < 4.78 is 0. The highest BCUT2D eigenvalue weighted by Gasteiger charge is 2.28. The van der Waals surface area contributed by atoms with Crippen molar-refractivity contribution in [1.82, 2.24) is 15.6 Å². The lowest BCUT2D eigenvalue weighted by Crippen LogP contribution is -2.54. The molecule has 0 aliphatic carbocycles. The summed E-state index contributed by atoms with van der Waals surface area (Å²) in [5, 5.41) is 17.1. The van der Waals surface area contributed by atoms with E-state index < -0.39 is 18.1 Å². The predicted octanol–water partition coefficient (Wildman–Crippen LogP) is 3.34. The van der Waals surface area contributed by atoms with E-state index in [1.807, 2.05) is 49.4 Å². The highest BCUT2D eigenvalue weighted by molar-refractivity contribution is 5.88. The Hall–Kier alpha value is -3.24. The fraction of sp³-hybridized carbons (Fsp3) is 0.448. The zero-order chi connectivity index (χ0) is 27.2. The average Bonchev–Trinajstić information content (AvgIpc) is 3.34. The van der Waals surface area contributed by atoms with Gasteiger partial charge in [-0.15, -0.1) is 0 Å². The molecule has 9 nitrogen and oxygen atoms in total. The first-order valence-electron chi connectivity index (χ1n) is 13.3. The zero-order valence-electron chi connectivity index (χ0n) is 22.0. The monoisotopic (exact) mass is 524 g/mol. The van der Waals surface area contributed by atoms with Gasteiger partial charge in [-0.2, -0.15) is 0 Å². The molecule has 206 valence electrons. The van der Waals surface area contributed by atoms with Crippen LogP contribution >= 0.6 is 0 Å². The summed E-state index contributed by atoms with van der Waals surface area (Å²) in [4.78, 5) is 39.2. The molecule has 3 aromatic rings. The summed E-state index contributed by atoms with van der Waals surface area (Å²) in [7, 11) is 0. The number of para-hydroxylation sites is 1. The average molecular weight is 525 g/mol. The van der Waals surface area contributed by atoms with E-state index in [4.69, 9.17) is 15.5 Å². The lowest BCUT2D eigenvalue weighted by Gasteiger charge is -2.26. The third-order valence-electron chi connectivity index (χ3n) is 6.51. The zero-order valence-corrected chi connectivity index (χ0v) is 22.0. The number of nitrogens with one attached hydrogen (secondary N) is 3. The van der Waals surface area contributed by atoms with Crippen LogP contribution in [0.2, 0.25) is 0 Å². The van der Waals surface area contributed by atoms with E-state index in [1.165, 1.54) is 5.56 Å². The molecule has 3 rings (SSSR count). The summed E-state index contributed by atoms with van der Waals surface area (Å²) >= 11 is 0. The second-order valence-corrected chi connectivity index (χ2v) is 9.38.